The lowest BCUT2D eigenvalue weighted by molar-refractivity contribution is 0.546. The Morgan fingerprint density at radius 1 is 1.24 bits per heavy atom. The molecule has 1 unspecified atom stereocenters. The van der Waals surface area contributed by atoms with E-state index in [1.165, 1.54) is 16.7 Å². The van der Waals surface area contributed by atoms with Gasteiger partial charge < -0.3 is 5.32 Å². The minimum Gasteiger partial charge on any atom is -0.310 e. The molecule has 1 nitrogen and oxygen atoms in total. The molecule has 1 heterocycles. The molecule has 1 aromatic carbocycles. The average Bonchev–Trinajstić information content (AvgIpc) is 2.79. The van der Waals surface area contributed by atoms with Crippen LogP contribution in [0.25, 0.3) is 0 Å². The van der Waals surface area contributed by atoms with Crippen LogP contribution in [0.3, 0.4) is 0 Å². The summed E-state index contributed by atoms with van der Waals surface area (Å²) >= 11 is 1.77. The highest BCUT2D eigenvalue weighted by molar-refractivity contribution is 7.07. The molecule has 0 saturated carbocycles. The molecule has 0 aliphatic carbocycles. The highest BCUT2D eigenvalue weighted by Crippen LogP contribution is 2.09. The summed E-state index contributed by atoms with van der Waals surface area (Å²) in [6.07, 6.45) is 1.11. The van der Waals surface area contributed by atoms with Crippen molar-refractivity contribution < 1.29 is 0 Å². The number of rotatable bonds is 5. The first-order valence-corrected chi connectivity index (χ1v) is 6.98. The number of aryl methyl sites for hydroxylation is 1. The van der Waals surface area contributed by atoms with E-state index in [1.54, 1.807) is 11.3 Å². The molecule has 2 rings (SSSR count). The van der Waals surface area contributed by atoms with Gasteiger partial charge in [0.15, 0.2) is 0 Å². The van der Waals surface area contributed by atoms with Gasteiger partial charge in [-0.25, -0.2) is 0 Å². The Labute approximate surface area is 108 Å². The molecule has 0 radical (unpaired) electrons. The van der Waals surface area contributed by atoms with E-state index in [0.717, 1.165) is 13.0 Å². The van der Waals surface area contributed by atoms with Crippen LogP contribution in [-0.4, -0.2) is 6.04 Å². The predicted molar refractivity (Wildman–Crippen MR) is 75.5 cm³/mol. The largest absolute Gasteiger partial charge is 0.310 e. The Balaban J connectivity index is 1.82. The van der Waals surface area contributed by atoms with Crippen LogP contribution in [0.1, 0.15) is 23.6 Å². The van der Waals surface area contributed by atoms with Gasteiger partial charge in [-0.05, 0) is 48.2 Å². The van der Waals surface area contributed by atoms with Gasteiger partial charge in [-0.15, -0.1) is 0 Å². The molecule has 0 aliphatic rings. The van der Waals surface area contributed by atoms with Crippen molar-refractivity contribution >= 4 is 11.3 Å². The molecule has 0 amide bonds. The molecule has 2 aromatic rings. The first-order valence-electron chi connectivity index (χ1n) is 6.04. The third kappa shape index (κ3) is 3.99. The Hall–Kier alpha value is -1.12. The van der Waals surface area contributed by atoms with Gasteiger partial charge in [-0.2, -0.15) is 11.3 Å². The highest BCUT2D eigenvalue weighted by Gasteiger charge is 2.03. The molecule has 1 N–H and O–H groups in total. The number of hydrogen-bond donors (Lipinski definition) is 1. The molecule has 0 bridgehead atoms. The minimum atomic E-state index is 0.519. The quantitative estimate of drug-likeness (QED) is 0.845. The Kier molecular flexibility index (Phi) is 4.35. The molecule has 1 aromatic heterocycles. The summed E-state index contributed by atoms with van der Waals surface area (Å²) in [5.74, 6) is 0. The van der Waals surface area contributed by atoms with E-state index in [0.29, 0.717) is 6.04 Å². The van der Waals surface area contributed by atoms with E-state index in [1.807, 2.05) is 0 Å². The summed E-state index contributed by atoms with van der Waals surface area (Å²) in [6, 6.07) is 11.4. The van der Waals surface area contributed by atoms with Crippen molar-refractivity contribution in [2.75, 3.05) is 0 Å². The molecule has 0 spiro atoms. The van der Waals surface area contributed by atoms with Crippen LogP contribution in [-0.2, 0) is 13.0 Å². The molecule has 90 valence electrons. The normalized spacial score (nSPS) is 12.6. The van der Waals surface area contributed by atoms with Crippen LogP contribution in [0.2, 0.25) is 0 Å². The molecular weight excluding hydrogens is 226 g/mol. The Morgan fingerprint density at radius 3 is 2.82 bits per heavy atom. The maximum atomic E-state index is 3.57. The van der Waals surface area contributed by atoms with Crippen LogP contribution in [0, 0.1) is 6.92 Å². The van der Waals surface area contributed by atoms with E-state index in [-0.39, 0.29) is 0 Å². The van der Waals surface area contributed by atoms with Crippen LogP contribution in [0.5, 0.6) is 0 Å². The fourth-order valence-electron chi connectivity index (χ4n) is 1.95. The fraction of sp³-hybridized carbons (Fsp3) is 0.333. The van der Waals surface area contributed by atoms with E-state index >= 15 is 0 Å². The van der Waals surface area contributed by atoms with Gasteiger partial charge in [0.1, 0.15) is 0 Å². The molecule has 2 heteroatoms. The third-order valence-corrected chi connectivity index (χ3v) is 3.59. The number of hydrogen-bond acceptors (Lipinski definition) is 2. The zero-order valence-electron chi connectivity index (χ0n) is 10.4. The molecule has 0 saturated heterocycles. The van der Waals surface area contributed by atoms with Crippen LogP contribution in [0.4, 0.5) is 0 Å². The van der Waals surface area contributed by atoms with Crippen molar-refractivity contribution in [3.8, 4) is 0 Å². The van der Waals surface area contributed by atoms with Gasteiger partial charge in [0, 0.05) is 12.6 Å². The van der Waals surface area contributed by atoms with Crippen molar-refractivity contribution in [2.24, 2.45) is 0 Å². The first-order chi connectivity index (χ1) is 8.24. The highest BCUT2D eigenvalue weighted by atomic mass is 32.1. The van der Waals surface area contributed by atoms with E-state index in [9.17, 15) is 0 Å². The summed E-state index contributed by atoms with van der Waals surface area (Å²) in [6.45, 7) is 5.33. The number of thiophene rings is 1. The van der Waals surface area contributed by atoms with Gasteiger partial charge in [-0.3, -0.25) is 0 Å². The predicted octanol–water partition coefficient (Wildman–Crippen LogP) is 3.78. The topological polar surface area (TPSA) is 12.0 Å². The number of benzene rings is 1. The Bertz CT molecular complexity index is 448. The van der Waals surface area contributed by atoms with Crippen molar-refractivity contribution in [3.05, 3.63) is 57.8 Å². The van der Waals surface area contributed by atoms with Crippen LogP contribution >= 0.6 is 11.3 Å². The van der Waals surface area contributed by atoms with Gasteiger partial charge in [0.25, 0.3) is 0 Å². The lowest BCUT2D eigenvalue weighted by Crippen LogP contribution is -2.27. The first kappa shape index (κ1) is 12.3. The van der Waals surface area contributed by atoms with Crippen molar-refractivity contribution in [3.63, 3.8) is 0 Å². The summed E-state index contributed by atoms with van der Waals surface area (Å²) in [4.78, 5) is 0. The summed E-state index contributed by atoms with van der Waals surface area (Å²) in [7, 11) is 0. The Morgan fingerprint density at radius 2 is 2.12 bits per heavy atom. The lowest BCUT2D eigenvalue weighted by atomic mass is 10.1. The minimum absolute atomic E-state index is 0.519. The maximum Gasteiger partial charge on any atom is 0.0208 e. The van der Waals surface area contributed by atoms with Crippen molar-refractivity contribution in [1.29, 1.82) is 0 Å². The smallest absolute Gasteiger partial charge is 0.0208 e. The maximum absolute atomic E-state index is 3.57. The second kappa shape index (κ2) is 5.99. The standard InChI is InChI=1S/C15H19NS/c1-12-4-3-5-14(8-12)10-16-13(2)9-15-6-7-17-11-15/h3-8,11,13,16H,9-10H2,1-2H3. The second-order valence-electron chi connectivity index (χ2n) is 4.61. The average molecular weight is 245 g/mol. The monoisotopic (exact) mass is 245 g/mol. The number of nitrogens with one attached hydrogen (secondary N) is 1. The second-order valence-corrected chi connectivity index (χ2v) is 5.39. The van der Waals surface area contributed by atoms with Crippen molar-refractivity contribution in [2.45, 2.75) is 32.9 Å². The van der Waals surface area contributed by atoms with Crippen LogP contribution < -0.4 is 5.32 Å². The molecular formula is C15H19NS. The van der Waals surface area contributed by atoms with Gasteiger partial charge >= 0.3 is 0 Å². The van der Waals surface area contributed by atoms with Gasteiger partial charge in [0.05, 0.1) is 0 Å². The third-order valence-electron chi connectivity index (χ3n) is 2.86. The lowest BCUT2D eigenvalue weighted by Gasteiger charge is -2.13. The molecule has 1 atom stereocenters. The van der Waals surface area contributed by atoms with E-state index in [4.69, 9.17) is 0 Å². The molecule has 0 aliphatic heterocycles. The van der Waals surface area contributed by atoms with E-state index in [2.05, 4.69) is 60.3 Å². The van der Waals surface area contributed by atoms with Crippen molar-refractivity contribution in [1.82, 2.24) is 5.32 Å². The summed E-state index contributed by atoms with van der Waals surface area (Å²) < 4.78 is 0. The zero-order valence-corrected chi connectivity index (χ0v) is 11.3. The fourth-order valence-corrected chi connectivity index (χ4v) is 2.63. The molecule has 0 fully saturated rings. The summed E-state index contributed by atoms with van der Waals surface area (Å²) in [5, 5.41) is 7.94. The zero-order chi connectivity index (χ0) is 12.1. The molecule has 17 heavy (non-hydrogen) atoms. The van der Waals surface area contributed by atoms with Gasteiger partial charge in [-0.1, -0.05) is 29.8 Å². The van der Waals surface area contributed by atoms with E-state index < -0.39 is 0 Å². The van der Waals surface area contributed by atoms with Gasteiger partial charge in [0.2, 0.25) is 0 Å². The SMILES string of the molecule is Cc1cccc(CNC(C)Cc2ccsc2)c1. The van der Waals surface area contributed by atoms with Crippen LogP contribution in [0.15, 0.2) is 41.1 Å². The summed E-state index contributed by atoms with van der Waals surface area (Å²) in [5.41, 5.74) is 4.12.